The molecule has 4 aromatic rings. The highest BCUT2D eigenvalue weighted by atomic mass is 35.5. The summed E-state index contributed by atoms with van der Waals surface area (Å²) in [5.74, 6) is -1.54. The average Bonchev–Trinajstić information content (AvgIpc) is 3.00. The van der Waals surface area contributed by atoms with E-state index in [4.69, 9.17) is 23.2 Å². The number of benzene rings is 4. The van der Waals surface area contributed by atoms with E-state index in [0.717, 1.165) is 9.87 Å². The minimum atomic E-state index is -4.29. The molecule has 0 radical (unpaired) electrons. The van der Waals surface area contributed by atoms with Crippen LogP contribution in [0.25, 0.3) is 0 Å². The Morgan fingerprint density at radius 3 is 2.00 bits per heavy atom. The molecular formula is C34H34Cl2FN3O4S. The van der Waals surface area contributed by atoms with E-state index in [2.05, 4.69) is 5.32 Å². The highest BCUT2D eigenvalue weighted by Gasteiger charge is 2.35. The van der Waals surface area contributed by atoms with Crippen LogP contribution in [0.1, 0.15) is 31.9 Å². The zero-order valence-electron chi connectivity index (χ0n) is 25.1. The molecule has 0 fully saturated rings. The molecule has 7 nitrogen and oxygen atoms in total. The molecule has 11 heteroatoms. The highest BCUT2D eigenvalue weighted by molar-refractivity contribution is 7.92. The van der Waals surface area contributed by atoms with Gasteiger partial charge in [0, 0.05) is 18.5 Å². The normalized spacial score (nSPS) is 12.3. The first-order valence-corrected chi connectivity index (χ1v) is 16.4. The minimum absolute atomic E-state index is 0.0414. The first kappa shape index (κ1) is 34.0. The van der Waals surface area contributed by atoms with Crippen molar-refractivity contribution in [3.8, 4) is 0 Å². The molecule has 0 aliphatic heterocycles. The van der Waals surface area contributed by atoms with Gasteiger partial charge in [-0.1, -0.05) is 83.9 Å². The predicted octanol–water partition coefficient (Wildman–Crippen LogP) is 6.88. The molecule has 2 amide bonds. The van der Waals surface area contributed by atoms with Crippen LogP contribution >= 0.6 is 23.2 Å². The summed E-state index contributed by atoms with van der Waals surface area (Å²) in [5.41, 5.74) is 0.835. The molecule has 0 heterocycles. The van der Waals surface area contributed by atoms with Gasteiger partial charge in [-0.25, -0.2) is 12.8 Å². The standard InChI is InChI=1S/C34H34Cl2FN3O4S/c1-34(2,3)38-33(42)31(20-24-10-6-4-7-11-24)39(22-25-14-16-26(37)17-15-25)32(41)23-40(27-18-19-29(35)30(36)21-27)45(43,44)28-12-8-5-9-13-28/h4-19,21,31H,20,22-23H2,1-3H3,(H,38,42). The van der Waals surface area contributed by atoms with Gasteiger partial charge in [0.2, 0.25) is 11.8 Å². The number of anilines is 1. The van der Waals surface area contributed by atoms with Crippen molar-refractivity contribution in [3.63, 3.8) is 0 Å². The fourth-order valence-corrected chi connectivity index (χ4v) is 6.40. The third-order valence-corrected chi connectivity index (χ3v) is 9.36. The summed E-state index contributed by atoms with van der Waals surface area (Å²) >= 11 is 12.4. The number of halogens is 3. The predicted molar refractivity (Wildman–Crippen MR) is 176 cm³/mol. The van der Waals surface area contributed by atoms with Gasteiger partial charge in [-0.05, 0) is 74.4 Å². The van der Waals surface area contributed by atoms with E-state index >= 15 is 0 Å². The van der Waals surface area contributed by atoms with Crippen LogP contribution in [0.3, 0.4) is 0 Å². The lowest BCUT2D eigenvalue weighted by atomic mass is 10.0. The van der Waals surface area contributed by atoms with Crippen LogP contribution < -0.4 is 9.62 Å². The lowest BCUT2D eigenvalue weighted by Gasteiger charge is -2.35. The maximum atomic E-state index is 14.4. The van der Waals surface area contributed by atoms with Crippen LogP contribution in [0.4, 0.5) is 10.1 Å². The molecule has 4 rings (SSSR count). The highest BCUT2D eigenvalue weighted by Crippen LogP contribution is 2.31. The van der Waals surface area contributed by atoms with Crippen molar-refractivity contribution >= 4 is 50.7 Å². The number of hydrogen-bond acceptors (Lipinski definition) is 4. The van der Waals surface area contributed by atoms with Gasteiger partial charge in [0.1, 0.15) is 18.4 Å². The van der Waals surface area contributed by atoms with Gasteiger partial charge in [0.25, 0.3) is 10.0 Å². The second-order valence-corrected chi connectivity index (χ2v) is 14.2. The van der Waals surface area contributed by atoms with Crippen molar-refractivity contribution in [1.29, 1.82) is 0 Å². The Bertz CT molecular complexity index is 1730. The summed E-state index contributed by atoms with van der Waals surface area (Å²) in [5, 5.41) is 3.28. The number of rotatable bonds is 11. The van der Waals surface area contributed by atoms with E-state index < -0.39 is 45.8 Å². The SMILES string of the molecule is CC(C)(C)NC(=O)C(Cc1ccccc1)N(Cc1ccc(F)cc1)C(=O)CN(c1ccc(Cl)c(Cl)c1)S(=O)(=O)c1ccccc1. The summed E-state index contributed by atoms with van der Waals surface area (Å²) in [7, 11) is -4.29. The Balaban J connectivity index is 1.82. The lowest BCUT2D eigenvalue weighted by molar-refractivity contribution is -0.140. The number of carbonyl (C=O) groups is 2. The van der Waals surface area contributed by atoms with Gasteiger partial charge in [0.05, 0.1) is 20.6 Å². The van der Waals surface area contributed by atoms with Gasteiger partial charge < -0.3 is 10.2 Å². The molecule has 1 atom stereocenters. The molecule has 1 N–H and O–H groups in total. The quantitative estimate of drug-likeness (QED) is 0.189. The maximum Gasteiger partial charge on any atom is 0.264 e. The molecular weight excluding hydrogens is 636 g/mol. The van der Waals surface area contributed by atoms with E-state index in [9.17, 15) is 22.4 Å². The third-order valence-electron chi connectivity index (χ3n) is 6.84. The van der Waals surface area contributed by atoms with Crippen LogP contribution in [0, 0.1) is 5.82 Å². The fourth-order valence-electron chi connectivity index (χ4n) is 4.68. The van der Waals surface area contributed by atoms with E-state index in [0.29, 0.717) is 5.56 Å². The first-order valence-electron chi connectivity index (χ1n) is 14.2. The monoisotopic (exact) mass is 669 g/mol. The number of amides is 2. The summed E-state index contributed by atoms with van der Waals surface area (Å²) in [6, 6.07) is 25.7. The Kier molecular flexibility index (Phi) is 10.9. The number of carbonyl (C=O) groups excluding carboxylic acids is 2. The molecule has 0 spiro atoms. The van der Waals surface area contributed by atoms with Crippen LogP contribution in [-0.4, -0.2) is 43.3 Å². The van der Waals surface area contributed by atoms with E-state index in [1.165, 1.54) is 59.5 Å². The second kappa shape index (κ2) is 14.5. The molecule has 0 bridgehead atoms. The zero-order chi connectivity index (χ0) is 32.8. The second-order valence-electron chi connectivity index (χ2n) is 11.5. The minimum Gasteiger partial charge on any atom is -0.350 e. The molecule has 1 unspecified atom stereocenters. The van der Waals surface area contributed by atoms with Crippen molar-refractivity contribution in [3.05, 3.63) is 130 Å². The van der Waals surface area contributed by atoms with E-state index in [1.807, 2.05) is 51.1 Å². The van der Waals surface area contributed by atoms with Gasteiger partial charge >= 0.3 is 0 Å². The molecule has 0 aliphatic carbocycles. The van der Waals surface area contributed by atoms with Gasteiger partial charge in [-0.3, -0.25) is 13.9 Å². The van der Waals surface area contributed by atoms with Crippen molar-refractivity contribution in [2.24, 2.45) is 0 Å². The largest absolute Gasteiger partial charge is 0.350 e. The van der Waals surface area contributed by atoms with Crippen LogP contribution in [0.2, 0.25) is 10.0 Å². The smallest absolute Gasteiger partial charge is 0.264 e. The van der Waals surface area contributed by atoms with E-state index in [1.54, 1.807) is 18.2 Å². The molecule has 236 valence electrons. The number of nitrogens with one attached hydrogen (secondary N) is 1. The van der Waals surface area contributed by atoms with Gasteiger partial charge in [0.15, 0.2) is 0 Å². The van der Waals surface area contributed by atoms with Crippen LogP contribution in [0.5, 0.6) is 0 Å². The Labute approximate surface area is 273 Å². The third kappa shape index (κ3) is 9.06. The summed E-state index contributed by atoms with van der Waals surface area (Å²) in [4.78, 5) is 29.6. The number of sulfonamides is 1. The molecule has 45 heavy (non-hydrogen) atoms. The van der Waals surface area contributed by atoms with Gasteiger partial charge in [-0.15, -0.1) is 0 Å². The Morgan fingerprint density at radius 2 is 1.42 bits per heavy atom. The van der Waals surface area contributed by atoms with Gasteiger partial charge in [-0.2, -0.15) is 0 Å². The van der Waals surface area contributed by atoms with Crippen LogP contribution in [-0.2, 0) is 32.6 Å². The molecule has 4 aromatic carbocycles. The van der Waals surface area contributed by atoms with Crippen molar-refractivity contribution in [2.45, 2.75) is 50.2 Å². The lowest BCUT2D eigenvalue weighted by Crippen LogP contribution is -2.56. The van der Waals surface area contributed by atoms with Crippen molar-refractivity contribution in [2.75, 3.05) is 10.8 Å². The molecule has 0 aromatic heterocycles. The van der Waals surface area contributed by atoms with Crippen molar-refractivity contribution in [1.82, 2.24) is 10.2 Å². The number of nitrogens with zero attached hydrogens (tertiary/aromatic N) is 2. The molecule has 0 saturated carbocycles. The average molecular weight is 671 g/mol. The summed E-state index contributed by atoms with van der Waals surface area (Å²) in [6.45, 7) is 4.73. The number of hydrogen-bond donors (Lipinski definition) is 1. The Morgan fingerprint density at radius 1 is 0.822 bits per heavy atom. The van der Waals surface area contributed by atoms with E-state index in [-0.39, 0.29) is 33.6 Å². The topological polar surface area (TPSA) is 86.8 Å². The summed E-state index contributed by atoms with van der Waals surface area (Å²) < 4.78 is 42.8. The Hall–Kier alpha value is -3.92. The summed E-state index contributed by atoms with van der Waals surface area (Å²) in [6.07, 6.45) is 0.147. The fraction of sp³-hybridized carbons (Fsp3) is 0.235. The van der Waals surface area contributed by atoms with Crippen LogP contribution in [0.15, 0.2) is 108 Å². The first-order chi connectivity index (χ1) is 21.2. The van der Waals surface area contributed by atoms with Crippen molar-refractivity contribution < 1.29 is 22.4 Å². The zero-order valence-corrected chi connectivity index (χ0v) is 27.4. The molecule has 0 saturated heterocycles. The maximum absolute atomic E-state index is 14.4. The molecule has 0 aliphatic rings.